The lowest BCUT2D eigenvalue weighted by Gasteiger charge is -2.25. The molecule has 0 spiro atoms. The Bertz CT molecular complexity index is 1910. The molecule has 1 aromatic heterocycles. The highest BCUT2D eigenvalue weighted by Gasteiger charge is 2.23. The van der Waals surface area contributed by atoms with E-state index in [9.17, 15) is 23.4 Å². The molecule has 0 bridgehead atoms. The number of aliphatic hydroxyl groups excluding tert-OH is 2. The van der Waals surface area contributed by atoms with E-state index >= 15 is 0 Å². The zero-order chi connectivity index (χ0) is 34.6. The second-order valence-corrected chi connectivity index (χ2v) is 13.8. The summed E-state index contributed by atoms with van der Waals surface area (Å²) in [5, 5.41) is 23.1. The quantitative estimate of drug-likeness (QED) is 0.113. The molecule has 0 aliphatic heterocycles. The molecule has 5 aromatic rings. The number of halogens is 1. The number of nitrogens with zero attached hydrogens (tertiary/aromatic N) is 2. The molecule has 254 valence electrons. The summed E-state index contributed by atoms with van der Waals surface area (Å²) in [6.45, 7) is 1.52. The first-order chi connectivity index (χ1) is 23.7. The van der Waals surface area contributed by atoms with Crippen LogP contribution in [0, 0.1) is 0 Å². The van der Waals surface area contributed by atoms with Gasteiger partial charge in [-0.05, 0) is 59.5 Å². The van der Waals surface area contributed by atoms with E-state index < -0.39 is 21.8 Å². The van der Waals surface area contributed by atoms with Gasteiger partial charge in [-0.15, -0.1) is 0 Å². The van der Waals surface area contributed by atoms with Crippen molar-refractivity contribution >= 4 is 27.3 Å². The molecule has 11 heteroatoms. The van der Waals surface area contributed by atoms with Crippen LogP contribution in [0.2, 0.25) is 5.15 Å². The Morgan fingerprint density at radius 3 is 2.18 bits per heavy atom. The number of aromatic nitrogens is 1. The number of hydrogen-bond acceptors (Lipinski definition) is 8. The fraction of sp³-hybridized carbons (Fsp3) is 0.211. The second-order valence-electron chi connectivity index (χ2n) is 11.5. The molecule has 9 nitrogen and oxygen atoms in total. The van der Waals surface area contributed by atoms with Crippen LogP contribution in [0.3, 0.4) is 0 Å². The van der Waals surface area contributed by atoms with E-state index in [0.29, 0.717) is 36.8 Å². The number of ether oxygens (including phenoxy) is 1. The zero-order valence-electron chi connectivity index (χ0n) is 26.8. The van der Waals surface area contributed by atoms with Crippen molar-refractivity contribution in [3.8, 4) is 5.75 Å². The number of nitrogens with one attached hydrogen (secondary N) is 1. The third-order valence-electron chi connectivity index (χ3n) is 7.91. The minimum Gasteiger partial charge on any atom is -0.488 e. The van der Waals surface area contributed by atoms with Gasteiger partial charge >= 0.3 is 0 Å². The Morgan fingerprint density at radius 2 is 1.53 bits per heavy atom. The van der Waals surface area contributed by atoms with Crippen molar-refractivity contribution in [3.05, 3.63) is 154 Å². The van der Waals surface area contributed by atoms with Crippen molar-refractivity contribution in [2.24, 2.45) is 0 Å². The van der Waals surface area contributed by atoms with E-state index in [-0.39, 0.29) is 40.9 Å². The van der Waals surface area contributed by atoms with E-state index in [4.69, 9.17) is 16.3 Å². The molecule has 1 amide bonds. The first-order valence-electron chi connectivity index (χ1n) is 15.8. The van der Waals surface area contributed by atoms with Crippen molar-refractivity contribution in [1.29, 1.82) is 0 Å². The van der Waals surface area contributed by atoms with Crippen LogP contribution in [0.15, 0.2) is 131 Å². The number of carbonyl (C=O) groups excluding carboxylic acids is 1. The van der Waals surface area contributed by atoms with Crippen LogP contribution in [-0.2, 0) is 29.4 Å². The van der Waals surface area contributed by atoms with E-state index in [0.717, 1.165) is 16.7 Å². The molecule has 0 aliphatic rings. The SMILES string of the molecule is O=C(NCCO)c1cc(S(=O)(=O)c2ccc(CCN(Cc3ccccc3)C[C@H](O)c3ccc(Cl)nc3)cc2)ccc1OCc1ccccc1. The molecule has 0 fully saturated rings. The van der Waals surface area contributed by atoms with Gasteiger partial charge in [0.05, 0.1) is 28.1 Å². The number of sulfone groups is 1. The number of pyridine rings is 1. The fourth-order valence-electron chi connectivity index (χ4n) is 5.25. The van der Waals surface area contributed by atoms with E-state index in [1.807, 2.05) is 60.7 Å². The molecule has 1 atom stereocenters. The first-order valence-corrected chi connectivity index (χ1v) is 17.7. The van der Waals surface area contributed by atoms with Gasteiger partial charge < -0.3 is 20.3 Å². The summed E-state index contributed by atoms with van der Waals surface area (Å²) in [5.74, 6) is -0.326. The van der Waals surface area contributed by atoms with Crippen LogP contribution in [0.4, 0.5) is 0 Å². The summed E-state index contributed by atoms with van der Waals surface area (Å²) in [7, 11) is -3.98. The van der Waals surface area contributed by atoms with Crippen LogP contribution in [0.1, 0.15) is 38.7 Å². The van der Waals surface area contributed by atoms with Gasteiger partial charge in [-0.3, -0.25) is 9.69 Å². The topological polar surface area (TPSA) is 129 Å². The Morgan fingerprint density at radius 1 is 0.857 bits per heavy atom. The summed E-state index contributed by atoms with van der Waals surface area (Å²) < 4.78 is 33.3. The highest BCUT2D eigenvalue weighted by atomic mass is 35.5. The Kier molecular flexibility index (Phi) is 12.5. The summed E-state index contributed by atoms with van der Waals surface area (Å²) in [5.41, 5.74) is 3.64. The Balaban J connectivity index is 1.30. The van der Waals surface area contributed by atoms with Crippen molar-refractivity contribution in [3.63, 3.8) is 0 Å². The van der Waals surface area contributed by atoms with Gasteiger partial charge in [0.15, 0.2) is 0 Å². The molecular weight excluding hydrogens is 662 g/mol. The van der Waals surface area contributed by atoms with E-state index in [1.54, 1.807) is 42.6 Å². The molecular formula is C38H38ClN3O6S. The third-order valence-corrected chi connectivity index (χ3v) is 9.90. The fourth-order valence-corrected chi connectivity index (χ4v) is 6.65. The minimum absolute atomic E-state index is 0.00940. The number of benzene rings is 4. The summed E-state index contributed by atoms with van der Waals surface area (Å²) >= 11 is 5.92. The zero-order valence-corrected chi connectivity index (χ0v) is 28.4. The molecule has 49 heavy (non-hydrogen) atoms. The van der Waals surface area contributed by atoms with Crippen LogP contribution in [0.25, 0.3) is 0 Å². The van der Waals surface area contributed by atoms with Gasteiger partial charge in [0.1, 0.15) is 17.5 Å². The smallest absolute Gasteiger partial charge is 0.255 e. The van der Waals surface area contributed by atoms with Gasteiger partial charge in [-0.2, -0.15) is 0 Å². The summed E-state index contributed by atoms with van der Waals surface area (Å²) in [6.07, 6.45) is 1.41. The molecule has 0 saturated heterocycles. The highest BCUT2D eigenvalue weighted by molar-refractivity contribution is 7.91. The van der Waals surface area contributed by atoms with Gasteiger partial charge in [0.2, 0.25) is 9.84 Å². The summed E-state index contributed by atoms with van der Waals surface area (Å²) in [4.78, 5) is 19.2. The van der Waals surface area contributed by atoms with Crippen LogP contribution >= 0.6 is 11.6 Å². The average Bonchev–Trinajstić information content (AvgIpc) is 3.13. The number of carbonyl (C=O) groups is 1. The molecule has 0 radical (unpaired) electrons. The normalized spacial score (nSPS) is 12.1. The highest BCUT2D eigenvalue weighted by Crippen LogP contribution is 2.28. The molecule has 5 rings (SSSR count). The lowest BCUT2D eigenvalue weighted by Crippen LogP contribution is -2.30. The van der Waals surface area contributed by atoms with Crippen molar-refractivity contribution in [2.45, 2.75) is 35.5 Å². The predicted molar refractivity (Wildman–Crippen MR) is 188 cm³/mol. The third kappa shape index (κ3) is 9.97. The van der Waals surface area contributed by atoms with Gasteiger partial charge in [0.25, 0.3) is 5.91 Å². The predicted octanol–water partition coefficient (Wildman–Crippen LogP) is 5.65. The van der Waals surface area contributed by atoms with E-state index in [2.05, 4.69) is 15.2 Å². The van der Waals surface area contributed by atoms with Crippen LogP contribution < -0.4 is 10.1 Å². The first kappa shape index (κ1) is 35.7. The maximum absolute atomic E-state index is 13.7. The Labute approximate surface area is 291 Å². The molecule has 0 saturated carbocycles. The number of hydrogen-bond donors (Lipinski definition) is 3. The second kappa shape index (κ2) is 17.2. The standard InChI is InChI=1S/C38H38ClN3O6S/c39-37-18-13-31(24-41-37)35(44)26-42(25-29-7-3-1-4-8-29)21-19-28-11-14-32(15-12-28)49(46,47)33-16-17-36(34(23-33)38(45)40-20-22-43)48-27-30-9-5-2-6-10-30/h1-18,23-24,35,43-44H,19-22,25-27H2,(H,40,45)/t35-/m0/s1. The monoisotopic (exact) mass is 699 g/mol. The van der Waals surface area contributed by atoms with Crippen molar-refractivity contribution < 1.29 is 28.2 Å². The lowest BCUT2D eigenvalue weighted by atomic mass is 10.1. The molecule has 0 aliphatic carbocycles. The van der Waals surface area contributed by atoms with Gasteiger partial charge in [-0.25, -0.2) is 13.4 Å². The molecule has 4 aromatic carbocycles. The molecule has 3 N–H and O–H groups in total. The average molecular weight is 700 g/mol. The molecule has 0 unspecified atom stereocenters. The minimum atomic E-state index is -3.98. The van der Waals surface area contributed by atoms with Gasteiger partial charge in [-0.1, -0.05) is 90.5 Å². The van der Waals surface area contributed by atoms with E-state index in [1.165, 1.54) is 18.2 Å². The van der Waals surface area contributed by atoms with Crippen molar-refractivity contribution in [2.75, 3.05) is 26.2 Å². The van der Waals surface area contributed by atoms with Gasteiger partial charge in [0, 0.05) is 37.9 Å². The lowest BCUT2D eigenvalue weighted by molar-refractivity contribution is 0.0940. The van der Waals surface area contributed by atoms with Crippen molar-refractivity contribution in [1.82, 2.24) is 15.2 Å². The largest absolute Gasteiger partial charge is 0.488 e. The number of rotatable bonds is 16. The number of aliphatic hydroxyl groups is 2. The van der Waals surface area contributed by atoms with Crippen LogP contribution in [-0.4, -0.2) is 60.7 Å². The molecule has 1 heterocycles. The Hall–Kier alpha value is -4.58. The summed E-state index contributed by atoms with van der Waals surface area (Å²) in [6, 6.07) is 33.7. The maximum Gasteiger partial charge on any atom is 0.255 e. The van der Waals surface area contributed by atoms with Crippen LogP contribution in [0.5, 0.6) is 5.75 Å². The maximum atomic E-state index is 13.7. The number of amides is 1.